The van der Waals surface area contributed by atoms with Gasteiger partial charge in [0.25, 0.3) is 0 Å². The molecule has 0 radical (unpaired) electrons. The van der Waals surface area contributed by atoms with Crippen molar-refractivity contribution >= 4 is 11.9 Å². The minimum absolute atomic E-state index is 0.0531. The number of halogens is 1. The molecule has 1 atom stereocenters. The maximum atomic E-state index is 13.4. The number of quaternary nitrogens is 1. The molecule has 0 fully saturated rings. The van der Waals surface area contributed by atoms with E-state index in [9.17, 15) is 14.0 Å². The van der Waals surface area contributed by atoms with Crippen LogP contribution in [-0.4, -0.2) is 61.4 Å². The fraction of sp³-hybridized carbons (Fsp3) is 0.857. The summed E-state index contributed by atoms with van der Waals surface area (Å²) in [5, 5.41) is 11.4. The number of nitrogens with zero attached hydrogens (tertiary/aromatic N) is 1. The molecule has 0 aromatic rings. The van der Waals surface area contributed by atoms with Crippen LogP contribution in [0.3, 0.4) is 0 Å². The van der Waals surface area contributed by atoms with Gasteiger partial charge in [0, 0.05) is 13.0 Å². The molecule has 0 aliphatic rings. The Morgan fingerprint density at radius 1 is 1.30 bits per heavy atom. The number of carboxylic acid groups (broad SMARTS) is 1. The number of carbonyl (C=O) groups excluding carboxylic acids is 1. The van der Waals surface area contributed by atoms with Crippen LogP contribution in [0.15, 0.2) is 0 Å². The molecule has 1 unspecified atom stereocenters. The van der Waals surface area contributed by atoms with Crippen molar-refractivity contribution in [3.63, 3.8) is 0 Å². The van der Waals surface area contributed by atoms with E-state index in [1.165, 1.54) is 0 Å². The largest absolute Gasteiger partial charge is 0.477 e. The molecule has 0 bridgehead atoms. The van der Waals surface area contributed by atoms with Crippen LogP contribution in [0.2, 0.25) is 0 Å². The highest BCUT2D eigenvalue weighted by molar-refractivity contribution is 5.76. The van der Waals surface area contributed by atoms with Crippen molar-refractivity contribution in [1.29, 1.82) is 0 Å². The van der Waals surface area contributed by atoms with Gasteiger partial charge in [0.15, 0.2) is 6.54 Å². The van der Waals surface area contributed by atoms with Crippen LogP contribution in [0.4, 0.5) is 4.39 Å². The number of amides is 1. The number of hydrogen-bond donors (Lipinski definition) is 2. The van der Waals surface area contributed by atoms with Crippen LogP contribution >= 0.6 is 0 Å². The molecule has 0 saturated heterocycles. The van der Waals surface area contributed by atoms with Gasteiger partial charge >= 0.3 is 5.97 Å². The summed E-state index contributed by atoms with van der Waals surface area (Å²) in [4.78, 5) is 22.1. The number of likely N-dealkylation sites (N-methyl/N-ethyl adjacent to an activating group) is 1. The molecule has 118 valence electrons. The normalized spacial score (nSPS) is 13.0. The first-order chi connectivity index (χ1) is 9.26. The number of hydrogen-bond acceptors (Lipinski definition) is 2. The standard InChI is InChI=1S/C14H27FN2O3/c1-4-5-7-12(15)10-13(18)16-8-6-9-17(2,3)11-14(19)20/h12H,4-11H2,1-3H3,(H-,16,18,19,20)/p+1. The van der Waals surface area contributed by atoms with E-state index in [4.69, 9.17) is 5.11 Å². The summed E-state index contributed by atoms with van der Waals surface area (Å²) in [6.45, 7) is 3.16. The van der Waals surface area contributed by atoms with E-state index in [2.05, 4.69) is 5.32 Å². The fourth-order valence-corrected chi connectivity index (χ4v) is 1.98. The second-order valence-electron chi connectivity index (χ2n) is 5.86. The van der Waals surface area contributed by atoms with E-state index < -0.39 is 12.1 Å². The van der Waals surface area contributed by atoms with Gasteiger partial charge in [-0.15, -0.1) is 0 Å². The summed E-state index contributed by atoms with van der Waals surface area (Å²) in [7, 11) is 3.66. The summed E-state index contributed by atoms with van der Waals surface area (Å²) < 4.78 is 13.7. The fourth-order valence-electron chi connectivity index (χ4n) is 1.98. The lowest BCUT2D eigenvalue weighted by Crippen LogP contribution is -2.45. The highest BCUT2D eigenvalue weighted by Crippen LogP contribution is 2.08. The summed E-state index contributed by atoms with van der Waals surface area (Å²) in [5.74, 6) is -1.10. The van der Waals surface area contributed by atoms with E-state index in [1.54, 1.807) is 0 Å². The first-order valence-corrected chi connectivity index (χ1v) is 7.21. The second kappa shape index (κ2) is 9.69. The number of rotatable bonds is 11. The number of carboxylic acids is 1. The lowest BCUT2D eigenvalue weighted by atomic mass is 10.1. The molecular formula is C14H28FN2O3+. The molecule has 0 aromatic heterocycles. The molecule has 6 heteroatoms. The lowest BCUT2D eigenvalue weighted by molar-refractivity contribution is -0.883. The van der Waals surface area contributed by atoms with Gasteiger partial charge in [0.2, 0.25) is 5.91 Å². The van der Waals surface area contributed by atoms with Crippen molar-refractivity contribution in [1.82, 2.24) is 5.32 Å². The monoisotopic (exact) mass is 291 g/mol. The summed E-state index contributed by atoms with van der Waals surface area (Å²) in [6, 6.07) is 0. The van der Waals surface area contributed by atoms with Gasteiger partial charge < -0.3 is 14.9 Å². The maximum Gasteiger partial charge on any atom is 0.359 e. The Labute approximate surface area is 120 Å². The molecule has 5 nitrogen and oxygen atoms in total. The van der Waals surface area contributed by atoms with Gasteiger partial charge in [0.1, 0.15) is 6.17 Å². The number of carbonyl (C=O) groups is 2. The molecule has 0 aromatic carbocycles. The van der Waals surface area contributed by atoms with Crippen molar-refractivity contribution in [2.75, 3.05) is 33.7 Å². The van der Waals surface area contributed by atoms with E-state index >= 15 is 0 Å². The van der Waals surface area contributed by atoms with Crippen molar-refractivity contribution in [3.8, 4) is 0 Å². The average molecular weight is 291 g/mol. The molecular weight excluding hydrogens is 263 g/mol. The Balaban J connectivity index is 3.73. The van der Waals surface area contributed by atoms with Crippen LogP contribution in [0.5, 0.6) is 0 Å². The maximum absolute atomic E-state index is 13.4. The summed E-state index contributed by atoms with van der Waals surface area (Å²) in [6.07, 6.45) is 1.71. The van der Waals surface area contributed by atoms with Crippen LogP contribution in [0.25, 0.3) is 0 Å². The quantitative estimate of drug-likeness (QED) is 0.448. The van der Waals surface area contributed by atoms with E-state index in [1.807, 2.05) is 21.0 Å². The lowest BCUT2D eigenvalue weighted by Gasteiger charge is -2.27. The van der Waals surface area contributed by atoms with Gasteiger partial charge in [-0.05, 0) is 6.42 Å². The zero-order chi connectivity index (χ0) is 15.6. The molecule has 0 aliphatic heterocycles. The smallest absolute Gasteiger partial charge is 0.359 e. The SMILES string of the molecule is CCCCC(F)CC(=O)NCCC[N+](C)(C)CC(=O)O. The third-order valence-electron chi connectivity index (χ3n) is 3.10. The van der Waals surface area contributed by atoms with Crippen LogP contribution in [0, 0.1) is 0 Å². The predicted octanol–water partition coefficient (Wildman–Crippen LogP) is 1.57. The zero-order valence-corrected chi connectivity index (χ0v) is 12.8. The van der Waals surface area contributed by atoms with Crippen LogP contribution < -0.4 is 5.32 Å². The van der Waals surface area contributed by atoms with Crippen molar-refractivity contribution < 1.29 is 23.6 Å². The molecule has 0 spiro atoms. The molecule has 0 heterocycles. The van der Waals surface area contributed by atoms with Gasteiger partial charge in [-0.25, -0.2) is 9.18 Å². The molecule has 0 rings (SSSR count). The number of aliphatic carboxylic acids is 1. The predicted molar refractivity (Wildman–Crippen MR) is 76.1 cm³/mol. The zero-order valence-electron chi connectivity index (χ0n) is 12.8. The Kier molecular flexibility index (Phi) is 9.12. The van der Waals surface area contributed by atoms with Crippen molar-refractivity contribution in [3.05, 3.63) is 0 Å². The van der Waals surface area contributed by atoms with Gasteiger partial charge in [0.05, 0.1) is 27.1 Å². The minimum Gasteiger partial charge on any atom is -0.477 e. The van der Waals surface area contributed by atoms with Crippen LogP contribution in [0.1, 0.15) is 39.0 Å². The molecule has 0 aliphatic carbocycles. The number of alkyl halides is 1. The van der Waals surface area contributed by atoms with Crippen molar-refractivity contribution in [2.24, 2.45) is 0 Å². The number of unbranched alkanes of at least 4 members (excludes halogenated alkanes) is 1. The highest BCUT2D eigenvalue weighted by Gasteiger charge is 2.19. The molecule has 1 amide bonds. The second-order valence-corrected chi connectivity index (χ2v) is 5.86. The Morgan fingerprint density at radius 2 is 1.95 bits per heavy atom. The first kappa shape index (κ1) is 18.8. The Bertz CT molecular complexity index is 309. The highest BCUT2D eigenvalue weighted by atomic mass is 19.1. The van der Waals surface area contributed by atoms with Gasteiger partial charge in [-0.3, -0.25) is 4.79 Å². The van der Waals surface area contributed by atoms with E-state index in [0.717, 1.165) is 12.8 Å². The van der Waals surface area contributed by atoms with Crippen LogP contribution in [-0.2, 0) is 9.59 Å². The van der Waals surface area contributed by atoms with Gasteiger partial charge in [-0.1, -0.05) is 19.8 Å². The topological polar surface area (TPSA) is 66.4 Å². The molecule has 20 heavy (non-hydrogen) atoms. The van der Waals surface area contributed by atoms with Crippen molar-refractivity contribution in [2.45, 2.75) is 45.2 Å². The Morgan fingerprint density at radius 3 is 2.50 bits per heavy atom. The Hall–Kier alpha value is -1.17. The summed E-state index contributed by atoms with van der Waals surface area (Å²) in [5.41, 5.74) is 0. The number of nitrogens with one attached hydrogen (secondary N) is 1. The third kappa shape index (κ3) is 10.7. The third-order valence-corrected chi connectivity index (χ3v) is 3.10. The molecule has 2 N–H and O–H groups in total. The van der Waals surface area contributed by atoms with Gasteiger partial charge in [-0.2, -0.15) is 0 Å². The summed E-state index contributed by atoms with van der Waals surface area (Å²) >= 11 is 0. The average Bonchev–Trinajstić information content (AvgIpc) is 2.30. The molecule has 0 saturated carbocycles. The minimum atomic E-state index is -1.06. The first-order valence-electron chi connectivity index (χ1n) is 7.21. The van der Waals surface area contributed by atoms with E-state index in [0.29, 0.717) is 30.4 Å². The van der Waals surface area contributed by atoms with E-state index in [-0.39, 0.29) is 18.9 Å².